The number of aromatic nitrogens is 1. The Morgan fingerprint density at radius 1 is 1.21 bits per heavy atom. The molecule has 1 aromatic carbocycles. The van der Waals surface area contributed by atoms with Crippen LogP contribution in [0.1, 0.15) is 43.7 Å². The summed E-state index contributed by atoms with van der Waals surface area (Å²) >= 11 is 0. The van der Waals surface area contributed by atoms with Crippen LogP contribution < -0.4 is 10.2 Å². The average molecular weight is 389 g/mol. The number of rotatable bonds is 3. The molecular weight excluding hydrogens is 364 g/mol. The van der Waals surface area contributed by atoms with E-state index in [0.717, 1.165) is 19.2 Å². The summed E-state index contributed by atoms with van der Waals surface area (Å²) in [6.45, 7) is 7.67. The largest absolute Gasteiger partial charge is 0.455 e. The molecule has 2 heterocycles. The van der Waals surface area contributed by atoms with Crippen molar-refractivity contribution < 1.29 is 18.3 Å². The van der Waals surface area contributed by atoms with Gasteiger partial charge in [-0.25, -0.2) is 18.6 Å². The predicted molar refractivity (Wildman–Crippen MR) is 106 cm³/mol. The van der Waals surface area contributed by atoms with Gasteiger partial charge in [-0.15, -0.1) is 0 Å². The highest BCUT2D eigenvalue weighted by Crippen LogP contribution is 2.42. The number of halogens is 2. The minimum Gasteiger partial charge on any atom is -0.455 e. The number of ether oxygens (including phenoxy) is 1. The summed E-state index contributed by atoms with van der Waals surface area (Å²) in [6, 6.07) is 6.38. The summed E-state index contributed by atoms with van der Waals surface area (Å²) in [6.07, 6.45) is 1.44. The Hall–Kier alpha value is -2.70. The summed E-state index contributed by atoms with van der Waals surface area (Å²) in [7, 11) is 1.93. The molecule has 7 heteroatoms. The number of nitrogens with zero attached hydrogens (tertiary/aromatic N) is 2. The molecule has 0 radical (unpaired) electrons. The van der Waals surface area contributed by atoms with Crippen LogP contribution in [-0.2, 0) is 10.7 Å². The topological polar surface area (TPSA) is 54.5 Å². The Bertz CT molecular complexity index is 884. The second-order valence-corrected chi connectivity index (χ2v) is 8.09. The van der Waals surface area contributed by atoms with Crippen molar-refractivity contribution in [2.45, 2.75) is 39.2 Å². The molecule has 2 aromatic rings. The second-order valence-electron chi connectivity index (χ2n) is 8.09. The van der Waals surface area contributed by atoms with Crippen molar-refractivity contribution >= 4 is 17.3 Å². The molecule has 0 saturated carbocycles. The summed E-state index contributed by atoms with van der Waals surface area (Å²) < 4.78 is 33.9. The van der Waals surface area contributed by atoms with Gasteiger partial charge in [-0.3, -0.25) is 0 Å². The van der Waals surface area contributed by atoms with Crippen molar-refractivity contribution in [2.75, 3.05) is 30.4 Å². The lowest BCUT2D eigenvalue weighted by molar-refractivity contribution is 0.00619. The van der Waals surface area contributed by atoms with Crippen LogP contribution >= 0.6 is 0 Å². The SMILES string of the molecule is CN1CCNc2cc(C(C)(F)F)c(-c3ccc(C(=O)OC(C)(C)C)nc3)cc21. The van der Waals surface area contributed by atoms with Crippen LogP contribution in [0.15, 0.2) is 30.5 Å². The summed E-state index contributed by atoms with van der Waals surface area (Å²) in [4.78, 5) is 18.3. The Labute approximate surface area is 163 Å². The molecule has 0 fully saturated rings. The van der Waals surface area contributed by atoms with E-state index in [1.807, 2.05) is 11.9 Å². The standard InChI is InChI=1S/C21H25F2N3O2/c1-20(2,3)28-19(27)16-7-6-13(12-25-16)14-10-18-17(24-8-9-26(18)5)11-15(14)21(4,22)23/h6-7,10-12,24H,8-9H2,1-5H3. The first-order valence-electron chi connectivity index (χ1n) is 9.17. The highest BCUT2D eigenvalue weighted by Gasteiger charge is 2.31. The van der Waals surface area contributed by atoms with Gasteiger partial charge >= 0.3 is 5.97 Å². The molecule has 5 nitrogen and oxygen atoms in total. The maximum atomic E-state index is 14.3. The van der Waals surface area contributed by atoms with Crippen LogP contribution in [0.4, 0.5) is 20.2 Å². The molecule has 1 N–H and O–H groups in total. The van der Waals surface area contributed by atoms with Gasteiger partial charge in [-0.05, 0) is 44.5 Å². The quantitative estimate of drug-likeness (QED) is 0.773. The smallest absolute Gasteiger partial charge is 0.357 e. The third kappa shape index (κ3) is 4.24. The van der Waals surface area contributed by atoms with Crippen molar-refractivity contribution in [1.29, 1.82) is 0 Å². The third-order valence-electron chi connectivity index (χ3n) is 4.47. The van der Waals surface area contributed by atoms with E-state index < -0.39 is 17.5 Å². The van der Waals surface area contributed by atoms with Crippen molar-refractivity contribution in [3.05, 3.63) is 41.7 Å². The van der Waals surface area contributed by atoms with E-state index in [0.29, 0.717) is 23.4 Å². The first-order chi connectivity index (χ1) is 13.0. The number of fused-ring (bicyclic) bond motifs is 1. The Morgan fingerprint density at radius 2 is 1.93 bits per heavy atom. The molecule has 0 saturated heterocycles. The molecule has 1 aromatic heterocycles. The van der Waals surface area contributed by atoms with E-state index >= 15 is 0 Å². The van der Waals surface area contributed by atoms with Crippen LogP contribution in [0.3, 0.4) is 0 Å². The zero-order chi connectivity index (χ0) is 20.7. The molecule has 0 bridgehead atoms. The number of benzene rings is 1. The van der Waals surface area contributed by atoms with Crippen LogP contribution in [0.5, 0.6) is 0 Å². The fourth-order valence-corrected chi connectivity index (χ4v) is 3.13. The van der Waals surface area contributed by atoms with E-state index in [9.17, 15) is 13.6 Å². The van der Waals surface area contributed by atoms with Gasteiger partial charge in [0.25, 0.3) is 5.92 Å². The van der Waals surface area contributed by atoms with Gasteiger partial charge in [0.05, 0.1) is 11.4 Å². The first kappa shape index (κ1) is 20.0. The zero-order valence-electron chi connectivity index (χ0n) is 16.8. The number of carbonyl (C=O) groups is 1. The lowest BCUT2D eigenvalue weighted by Gasteiger charge is -2.31. The molecule has 0 aliphatic carbocycles. The van der Waals surface area contributed by atoms with Crippen LogP contribution in [0, 0.1) is 0 Å². The van der Waals surface area contributed by atoms with Gasteiger partial charge < -0.3 is 15.0 Å². The van der Waals surface area contributed by atoms with Gasteiger partial charge in [0.1, 0.15) is 11.3 Å². The lowest BCUT2D eigenvalue weighted by atomic mass is 9.94. The number of hydrogen-bond acceptors (Lipinski definition) is 5. The number of likely N-dealkylation sites (N-methyl/N-ethyl adjacent to an activating group) is 1. The third-order valence-corrected chi connectivity index (χ3v) is 4.47. The van der Waals surface area contributed by atoms with Crippen LogP contribution in [0.2, 0.25) is 0 Å². The van der Waals surface area contributed by atoms with Gasteiger partial charge in [0.15, 0.2) is 0 Å². The number of esters is 1. The van der Waals surface area contributed by atoms with E-state index in [4.69, 9.17) is 4.74 Å². The molecule has 0 amide bonds. The monoisotopic (exact) mass is 389 g/mol. The van der Waals surface area contributed by atoms with Gasteiger partial charge in [0.2, 0.25) is 0 Å². The number of nitrogens with one attached hydrogen (secondary N) is 1. The number of anilines is 2. The predicted octanol–water partition coefficient (Wildman–Crippen LogP) is 4.68. The van der Waals surface area contributed by atoms with E-state index in [-0.39, 0.29) is 11.3 Å². The first-order valence-corrected chi connectivity index (χ1v) is 9.17. The van der Waals surface area contributed by atoms with Gasteiger partial charge in [-0.1, -0.05) is 6.07 Å². The highest BCUT2D eigenvalue weighted by molar-refractivity contribution is 5.88. The summed E-state index contributed by atoms with van der Waals surface area (Å²) in [5.41, 5.74) is 1.87. The molecule has 150 valence electrons. The maximum Gasteiger partial charge on any atom is 0.357 e. The number of pyridine rings is 1. The molecular formula is C21H25F2N3O2. The molecule has 3 rings (SSSR count). The summed E-state index contributed by atoms with van der Waals surface area (Å²) in [5, 5.41) is 3.18. The number of carbonyl (C=O) groups excluding carboxylic acids is 1. The fourth-order valence-electron chi connectivity index (χ4n) is 3.13. The fraction of sp³-hybridized carbons (Fsp3) is 0.429. The Morgan fingerprint density at radius 3 is 2.50 bits per heavy atom. The van der Waals surface area contributed by atoms with Crippen LogP contribution in [-0.4, -0.2) is 36.7 Å². The molecule has 1 aliphatic rings. The Kier molecular flexibility index (Phi) is 5.04. The zero-order valence-corrected chi connectivity index (χ0v) is 16.8. The molecule has 0 atom stereocenters. The molecule has 28 heavy (non-hydrogen) atoms. The van der Waals surface area contributed by atoms with E-state index in [2.05, 4.69) is 10.3 Å². The molecule has 1 aliphatic heterocycles. The summed E-state index contributed by atoms with van der Waals surface area (Å²) in [5.74, 6) is -3.57. The normalized spacial score (nSPS) is 14.3. The van der Waals surface area contributed by atoms with Crippen molar-refractivity contribution in [2.24, 2.45) is 0 Å². The number of alkyl halides is 2. The van der Waals surface area contributed by atoms with Crippen molar-refractivity contribution in [3.8, 4) is 11.1 Å². The van der Waals surface area contributed by atoms with Crippen LogP contribution in [0.25, 0.3) is 11.1 Å². The van der Waals surface area contributed by atoms with Crippen molar-refractivity contribution in [3.63, 3.8) is 0 Å². The minimum absolute atomic E-state index is 0.0825. The van der Waals surface area contributed by atoms with Gasteiger partial charge in [-0.2, -0.15) is 0 Å². The van der Waals surface area contributed by atoms with E-state index in [1.165, 1.54) is 18.3 Å². The van der Waals surface area contributed by atoms with Crippen molar-refractivity contribution in [1.82, 2.24) is 4.98 Å². The average Bonchev–Trinajstić information content (AvgIpc) is 2.59. The highest BCUT2D eigenvalue weighted by atomic mass is 19.3. The lowest BCUT2D eigenvalue weighted by Crippen LogP contribution is -2.30. The van der Waals surface area contributed by atoms with Gasteiger partial charge in [0, 0.05) is 44.4 Å². The van der Waals surface area contributed by atoms with E-state index in [1.54, 1.807) is 32.9 Å². The number of hydrogen-bond donors (Lipinski definition) is 1. The second kappa shape index (κ2) is 7.04. The maximum absolute atomic E-state index is 14.3. The Balaban J connectivity index is 2.03. The molecule has 0 spiro atoms. The molecule has 0 unspecified atom stereocenters. The minimum atomic E-state index is -3.02.